The van der Waals surface area contributed by atoms with Crippen LogP contribution < -0.4 is 4.90 Å². The lowest BCUT2D eigenvalue weighted by Crippen LogP contribution is -2.09. The largest absolute Gasteiger partial charge is 0.435 e. The minimum Gasteiger partial charge on any atom is -0.435 e. The van der Waals surface area contributed by atoms with Crippen molar-refractivity contribution < 1.29 is 4.42 Å². The van der Waals surface area contributed by atoms with Crippen molar-refractivity contribution in [1.29, 1.82) is 0 Å². The normalized spacial score (nSPS) is 11.3. The molecule has 3 nitrogen and oxygen atoms in total. The van der Waals surface area contributed by atoms with Crippen LogP contribution in [0.5, 0.6) is 0 Å². The summed E-state index contributed by atoms with van der Waals surface area (Å²) in [4.78, 5) is 7.13. The first-order chi connectivity index (χ1) is 29.7. The van der Waals surface area contributed by atoms with Gasteiger partial charge in [0.25, 0.3) is 0 Å². The van der Waals surface area contributed by atoms with Gasteiger partial charge in [-0.3, -0.25) is 0 Å². The lowest BCUT2D eigenvalue weighted by molar-refractivity contribution is 0.623. The molecule has 0 N–H and O–H groups in total. The summed E-state index contributed by atoms with van der Waals surface area (Å²) in [7, 11) is 0. The summed E-state index contributed by atoms with van der Waals surface area (Å²) in [6.45, 7) is 0. The van der Waals surface area contributed by atoms with Crippen LogP contribution in [0.25, 0.3) is 88.6 Å². The quantitative estimate of drug-likeness (QED) is 0.154. The third kappa shape index (κ3) is 6.68. The number of hydrogen-bond acceptors (Lipinski definition) is 3. The molecular formula is C57H38N2O. The van der Waals surface area contributed by atoms with Gasteiger partial charge in [-0.1, -0.05) is 152 Å². The van der Waals surface area contributed by atoms with E-state index in [9.17, 15) is 0 Å². The van der Waals surface area contributed by atoms with Gasteiger partial charge in [0, 0.05) is 28.0 Å². The molecule has 0 saturated heterocycles. The van der Waals surface area contributed by atoms with Gasteiger partial charge in [-0.05, 0) is 140 Å². The zero-order valence-electron chi connectivity index (χ0n) is 32.7. The molecule has 0 saturated carbocycles. The Bertz CT molecular complexity index is 3280. The molecule has 0 amide bonds. The Hall–Kier alpha value is -8.01. The van der Waals surface area contributed by atoms with Gasteiger partial charge in [0.2, 0.25) is 5.89 Å². The molecule has 0 aliphatic rings. The molecule has 0 atom stereocenters. The van der Waals surface area contributed by atoms with E-state index in [2.05, 4.69) is 205 Å². The maximum absolute atomic E-state index is 6.32. The first-order valence-electron chi connectivity index (χ1n) is 20.3. The lowest BCUT2D eigenvalue weighted by Gasteiger charge is -2.26. The molecule has 60 heavy (non-hydrogen) atoms. The van der Waals surface area contributed by atoms with Crippen LogP contribution in [0.4, 0.5) is 17.1 Å². The van der Waals surface area contributed by atoms with Crippen LogP contribution in [0, 0.1) is 0 Å². The number of rotatable bonds is 8. The summed E-state index contributed by atoms with van der Waals surface area (Å²) in [6.07, 6.45) is 0. The number of fused-ring (bicyclic) bond motifs is 4. The first-order valence-corrected chi connectivity index (χ1v) is 20.3. The molecule has 11 aromatic rings. The predicted octanol–water partition coefficient (Wildman–Crippen LogP) is 15.9. The summed E-state index contributed by atoms with van der Waals surface area (Å²) in [5, 5.41) is 4.54. The average Bonchev–Trinajstić information content (AvgIpc) is 3.78. The van der Waals surface area contributed by atoms with E-state index in [1.165, 1.54) is 49.7 Å². The van der Waals surface area contributed by atoms with Gasteiger partial charge < -0.3 is 9.32 Å². The fourth-order valence-corrected chi connectivity index (χ4v) is 8.34. The molecule has 1 aromatic heterocycles. The van der Waals surface area contributed by atoms with Crippen molar-refractivity contribution in [3.05, 3.63) is 231 Å². The minimum atomic E-state index is 0.640. The Morgan fingerprint density at radius 2 is 0.733 bits per heavy atom. The Balaban J connectivity index is 0.934. The highest BCUT2D eigenvalue weighted by Crippen LogP contribution is 2.40. The molecule has 3 heteroatoms. The molecule has 0 aliphatic carbocycles. The molecular weight excluding hydrogens is 729 g/mol. The second-order valence-electron chi connectivity index (χ2n) is 15.2. The van der Waals surface area contributed by atoms with Crippen molar-refractivity contribution in [3.8, 4) is 56.0 Å². The lowest BCUT2D eigenvalue weighted by atomic mass is 9.97. The van der Waals surface area contributed by atoms with Crippen molar-refractivity contribution in [2.24, 2.45) is 0 Å². The SMILES string of the molecule is c1ccc(-c2ccc(N(c3ccc(-c4cccc(-c5ccccc5)c4)cc3)c3ccc4cc(-c5ccc6c(ccc7nc(-c8ccccc8)oc76)c5)ccc4c3)cc2)cc1. The highest BCUT2D eigenvalue weighted by molar-refractivity contribution is 6.05. The van der Waals surface area contributed by atoms with Gasteiger partial charge in [-0.15, -0.1) is 0 Å². The summed E-state index contributed by atoms with van der Waals surface area (Å²) in [6, 6.07) is 82.1. The van der Waals surface area contributed by atoms with Crippen LogP contribution >= 0.6 is 0 Å². The summed E-state index contributed by atoms with van der Waals surface area (Å²) in [5.41, 5.74) is 15.4. The molecule has 11 rings (SSSR count). The zero-order valence-corrected chi connectivity index (χ0v) is 32.7. The Morgan fingerprint density at radius 1 is 0.300 bits per heavy atom. The molecule has 10 aromatic carbocycles. The number of benzene rings is 10. The van der Waals surface area contributed by atoms with E-state index in [-0.39, 0.29) is 0 Å². The monoisotopic (exact) mass is 766 g/mol. The van der Waals surface area contributed by atoms with Gasteiger partial charge in [0.15, 0.2) is 5.58 Å². The number of nitrogens with zero attached hydrogens (tertiary/aromatic N) is 2. The molecule has 282 valence electrons. The minimum absolute atomic E-state index is 0.640. The van der Waals surface area contributed by atoms with Crippen LogP contribution in [-0.4, -0.2) is 4.98 Å². The van der Waals surface area contributed by atoms with Crippen molar-refractivity contribution in [2.45, 2.75) is 0 Å². The van der Waals surface area contributed by atoms with Crippen molar-refractivity contribution in [1.82, 2.24) is 4.98 Å². The Morgan fingerprint density at radius 3 is 1.38 bits per heavy atom. The fraction of sp³-hybridized carbons (Fsp3) is 0. The number of aromatic nitrogens is 1. The van der Waals surface area contributed by atoms with Gasteiger partial charge in [0.05, 0.1) is 0 Å². The molecule has 0 bridgehead atoms. The topological polar surface area (TPSA) is 29.3 Å². The van der Waals surface area contributed by atoms with Crippen LogP contribution in [0.3, 0.4) is 0 Å². The maximum atomic E-state index is 6.32. The standard InChI is InChI=1S/C57H38N2O/c1-4-11-39(12-5-1)41-21-28-51(29-22-41)59(52-30-23-42(24-31-52)45-18-10-17-44(35-45)40-13-6-2-7-14-40)53-32-25-47-36-46(19-20-49(47)38-53)48-26-33-54-50(37-48)27-34-55-56(54)60-57(58-55)43-15-8-3-9-16-43/h1-38H. The van der Waals surface area contributed by atoms with E-state index in [4.69, 9.17) is 9.40 Å². The second kappa shape index (κ2) is 15.1. The first kappa shape index (κ1) is 35.2. The van der Waals surface area contributed by atoms with E-state index in [0.29, 0.717) is 5.89 Å². The molecule has 0 unspecified atom stereocenters. The Labute approximate surface area is 349 Å². The van der Waals surface area contributed by atoms with Gasteiger partial charge in [-0.25, -0.2) is 4.98 Å². The van der Waals surface area contributed by atoms with Crippen LogP contribution in [0.1, 0.15) is 0 Å². The van der Waals surface area contributed by atoms with Crippen LogP contribution in [-0.2, 0) is 0 Å². The van der Waals surface area contributed by atoms with Crippen molar-refractivity contribution in [3.63, 3.8) is 0 Å². The van der Waals surface area contributed by atoms with Crippen molar-refractivity contribution in [2.75, 3.05) is 4.90 Å². The number of hydrogen-bond donors (Lipinski definition) is 0. The predicted molar refractivity (Wildman–Crippen MR) is 251 cm³/mol. The number of anilines is 3. The molecule has 0 fully saturated rings. The Kier molecular flexibility index (Phi) is 8.83. The highest BCUT2D eigenvalue weighted by Gasteiger charge is 2.16. The fourth-order valence-electron chi connectivity index (χ4n) is 8.34. The van der Waals surface area contributed by atoms with Crippen LogP contribution in [0.2, 0.25) is 0 Å². The average molecular weight is 767 g/mol. The van der Waals surface area contributed by atoms with Crippen LogP contribution in [0.15, 0.2) is 235 Å². The molecule has 0 spiro atoms. The third-order valence-electron chi connectivity index (χ3n) is 11.5. The second-order valence-corrected chi connectivity index (χ2v) is 15.2. The molecule has 0 aliphatic heterocycles. The zero-order chi connectivity index (χ0) is 39.8. The molecule has 0 radical (unpaired) electrons. The van der Waals surface area contributed by atoms with E-state index in [1.54, 1.807) is 0 Å². The summed E-state index contributed by atoms with van der Waals surface area (Å²) in [5.74, 6) is 0.640. The van der Waals surface area contributed by atoms with Crippen molar-refractivity contribution >= 4 is 49.7 Å². The third-order valence-corrected chi connectivity index (χ3v) is 11.5. The van der Waals surface area contributed by atoms with Gasteiger partial charge in [0.1, 0.15) is 5.52 Å². The maximum Gasteiger partial charge on any atom is 0.227 e. The van der Waals surface area contributed by atoms with Gasteiger partial charge >= 0.3 is 0 Å². The summed E-state index contributed by atoms with van der Waals surface area (Å²) < 4.78 is 6.32. The summed E-state index contributed by atoms with van der Waals surface area (Å²) >= 11 is 0. The van der Waals surface area contributed by atoms with E-state index in [1.807, 2.05) is 30.3 Å². The highest BCUT2D eigenvalue weighted by atomic mass is 16.3. The number of oxazole rings is 1. The van der Waals surface area contributed by atoms with E-state index in [0.717, 1.165) is 50.1 Å². The smallest absolute Gasteiger partial charge is 0.227 e. The van der Waals surface area contributed by atoms with Gasteiger partial charge in [-0.2, -0.15) is 0 Å². The van der Waals surface area contributed by atoms with E-state index >= 15 is 0 Å². The van der Waals surface area contributed by atoms with E-state index < -0.39 is 0 Å². The molecule has 1 heterocycles.